The minimum Gasteiger partial charge on any atom is -0.493 e. The number of esters is 1. The van der Waals surface area contributed by atoms with Crippen LogP contribution >= 0.6 is 0 Å². The first-order valence-electron chi connectivity index (χ1n) is 14.2. The smallest absolute Gasteiger partial charge is 0.320 e. The van der Waals surface area contributed by atoms with E-state index in [0.717, 1.165) is 6.07 Å². The number of amides is 1. The molecular formula is C33H32FN5O7. The highest BCUT2D eigenvalue weighted by atomic mass is 19.1. The van der Waals surface area contributed by atoms with E-state index in [1.807, 2.05) is 0 Å². The lowest BCUT2D eigenvalue weighted by Crippen LogP contribution is -2.30. The van der Waals surface area contributed by atoms with E-state index >= 15 is 4.39 Å². The second-order valence-corrected chi connectivity index (χ2v) is 10.2. The number of hydrogen-bond acceptors (Lipinski definition) is 9. The number of methoxy groups -OCH3 is 2. The summed E-state index contributed by atoms with van der Waals surface area (Å²) in [6.07, 6.45) is 0.866. The fraction of sp³-hybridized carbons (Fsp3) is 0.212. The Balaban J connectivity index is 1.42. The van der Waals surface area contributed by atoms with Crippen LogP contribution in [0.2, 0.25) is 0 Å². The van der Waals surface area contributed by atoms with Crippen LogP contribution in [0.25, 0.3) is 16.6 Å². The Kier molecular flexibility index (Phi) is 9.33. The van der Waals surface area contributed by atoms with Gasteiger partial charge in [-0.05, 0) is 50.2 Å². The van der Waals surface area contributed by atoms with E-state index in [1.165, 1.54) is 37.2 Å². The van der Waals surface area contributed by atoms with Crippen LogP contribution in [0.15, 0.2) is 77.7 Å². The van der Waals surface area contributed by atoms with Crippen molar-refractivity contribution in [3.8, 4) is 28.7 Å². The van der Waals surface area contributed by atoms with Crippen LogP contribution < -0.4 is 30.8 Å². The summed E-state index contributed by atoms with van der Waals surface area (Å²) in [7, 11) is 3.01. The van der Waals surface area contributed by atoms with Crippen molar-refractivity contribution in [1.82, 2.24) is 14.3 Å². The van der Waals surface area contributed by atoms with Crippen molar-refractivity contribution in [3.05, 3.63) is 100 Å². The minimum absolute atomic E-state index is 0.0675. The molecule has 0 radical (unpaired) electrons. The standard InChI is InChI=1S/C33H32FN5O7/c1-19(45-30(40)17-35)18-38-20(2)31(33(42)39(38)22-8-6-5-7-9-22)32(41)37-21-10-11-27(24(34)14-21)46-26-12-13-36-25-16-29(44-4)28(43-3)15-23(25)26/h5-16,19H,17-18,35H2,1-4H3,(H,37,41). The van der Waals surface area contributed by atoms with Crippen LogP contribution in [0.4, 0.5) is 10.1 Å². The number of halogens is 1. The Morgan fingerprint density at radius 2 is 1.70 bits per heavy atom. The number of carbonyl (C=O) groups excluding carboxylic acids is 2. The molecule has 0 aliphatic heterocycles. The zero-order chi connectivity index (χ0) is 33.0. The Bertz CT molecular complexity index is 1970. The van der Waals surface area contributed by atoms with Crippen LogP contribution in [0, 0.1) is 12.7 Å². The number of benzene rings is 3. The molecule has 0 bridgehead atoms. The molecule has 1 unspecified atom stereocenters. The lowest BCUT2D eigenvalue weighted by molar-refractivity contribution is -0.147. The average molecular weight is 630 g/mol. The van der Waals surface area contributed by atoms with E-state index in [9.17, 15) is 14.4 Å². The van der Waals surface area contributed by atoms with Crippen molar-refractivity contribution in [3.63, 3.8) is 0 Å². The summed E-state index contributed by atoms with van der Waals surface area (Å²) in [5.41, 5.74) is 6.08. The highest BCUT2D eigenvalue weighted by Crippen LogP contribution is 2.37. The molecule has 5 rings (SSSR count). The first-order chi connectivity index (χ1) is 22.1. The van der Waals surface area contributed by atoms with Crippen molar-refractivity contribution in [2.75, 3.05) is 26.1 Å². The molecule has 0 saturated carbocycles. The Morgan fingerprint density at radius 1 is 0.978 bits per heavy atom. The van der Waals surface area contributed by atoms with Gasteiger partial charge in [-0.3, -0.25) is 24.0 Å². The topological polar surface area (TPSA) is 149 Å². The van der Waals surface area contributed by atoms with Gasteiger partial charge in [-0.2, -0.15) is 0 Å². The average Bonchev–Trinajstić information content (AvgIpc) is 3.29. The summed E-state index contributed by atoms with van der Waals surface area (Å²) in [5, 5.41) is 3.18. The van der Waals surface area contributed by atoms with Crippen molar-refractivity contribution in [2.45, 2.75) is 26.5 Å². The molecule has 2 aromatic heterocycles. The van der Waals surface area contributed by atoms with E-state index < -0.39 is 29.4 Å². The third kappa shape index (κ3) is 6.40. The van der Waals surface area contributed by atoms with Gasteiger partial charge in [0.2, 0.25) is 0 Å². The van der Waals surface area contributed by atoms with Crippen molar-refractivity contribution in [1.29, 1.82) is 0 Å². The van der Waals surface area contributed by atoms with Crippen molar-refractivity contribution >= 4 is 28.5 Å². The van der Waals surface area contributed by atoms with Gasteiger partial charge >= 0.3 is 5.97 Å². The fourth-order valence-corrected chi connectivity index (χ4v) is 5.02. The first-order valence-corrected chi connectivity index (χ1v) is 14.2. The number of aromatic nitrogens is 3. The first kappa shape index (κ1) is 31.7. The number of rotatable bonds is 11. The van der Waals surface area contributed by atoms with E-state index in [1.54, 1.807) is 67.1 Å². The molecule has 0 fully saturated rings. The maximum Gasteiger partial charge on any atom is 0.320 e. The van der Waals surface area contributed by atoms with Gasteiger partial charge in [-0.25, -0.2) is 9.07 Å². The summed E-state index contributed by atoms with van der Waals surface area (Å²) in [4.78, 5) is 43.2. The highest BCUT2D eigenvalue weighted by Gasteiger charge is 2.26. The molecule has 12 nitrogen and oxygen atoms in total. The largest absolute Gasteiger partial charge is 0.493 e. The Labute approximate surface area is 263 Å². The molecule has 3 aromatic carbocycles. The van der Waals surface area contributed by atoms with Gasteiger partial charge in [-0.15, -0.1) is 0 Å². The predicted octanol–water partition coefficient (Wildman–Crippen LogP) is 4.59. The molecule has 0 saturated heterocycles. The number of hydrogen-bond donors (Lipinski definition) is 2. The molecule has 13 heteroatoms. The molecule has 3 N–H and O–H groups in total. The SMILES string of the molecule is COc1cc2nccc(Oc3ccc(NC(=O)c4c(C)n(CC(C)OC(=O)CN)n(-c5ccccc5)c4=O)cc3F)c2cc1OC. The molecular weight excluding hydrogens is 597 g/mol. The molecule has 1 atom stereocenters. The number of fused-ring (bicyclic) bond motifs is 1. The van der Waals surface area contributed by atoms with Gasteiger partial charge in [0.25, 0.3) is 11.5 Å². The van der Waals surface area contributed by atoms with Crippen molar-refractivity contribution < 1.29 is 32.9 Å². The Morgan fingerprint density at radius 3 is 2.37 bits per heavy atom. The second-order valence-electron chi connectivity index (χ2n) is 10.2. The highest BCUT2D eigenvalue weighted by molar-refractivity contribution is 6.05. The fourth-order valence-electron chi connectivity index (χ4n) is 5.02. The predicted molar refractivity (Wildman–Crippen MR) is 169 cm³/mol. The number of nitrogens with zero attached hydrogens (tertiary/aromatic N) is 3. The Hall–Kier alpha value is -5.69. The normalized spacial score (nSPS) is 11.6. The lowest BCUT2D eigenvalue weighted by atomic mass is 10.1. The molecule has 5 aromatic rings. The van der Waals surface area contributed by atoms with Crippen LogP contribution in [0.3, 0.4) is 0 Å². The van der Waals surface area contributed by atoms with Crippen LogP contribution in [-0.4, -0.2) is 53.1 Å². The molecule has 0 aliphatic carbocycles. The maximum atomic E-state index is 15.3. The molecule has 0 spiro atoms. The summed E-state index contributed by atoms with van der Waals surface area (Å²) in [6.45, 7) is 3.03. The zero-order valence-corrected chi connectivity index (χ0v) is 25.6. The van der Waals surface area contributed by atoms with E-state index in [-0.39, 0.29) is 30.1 Å². The zero-order valence-electron chi connectivity index (χ0n) is 25.6. The van der Waals surface area contributed by atoms with Gasteiger partial charge < -0.3 is 30.0 Å². The molecule has 1 amide bonds. The third-order valence-electron chi connectivity index (χ3n) is 7.17. The number of nitrogens with two attached hydrogens (primary N) is 1. The number of nitrogens with one attached hydrogen (secondary N) is 1. The number of carbonyl (C=O) groups is 2. The van der Waals surface area contributed by atoms with Crippen LogP contribution in [-0.2, 0) is 16.1 Å². The number of anilines is 1. The summed E-state index contributed by atoms with van der Waals surface area (Å²) in [6, 6.07) is 17.6. The number of pyridine rings is 1. The van der Waals surface area contributed by atoms with Gasteiger partial charge in [0.05, 0.1) is 44.2 Å². The van der Waals surface area contributed by atoms with Crippen LogP contribution in [0.1, 0.15) is 23.0 Å². The second kappa shape index (κ2) is 13.5. The summed E-state index contributed by atoms with van der Waals surface area (Å²) < 4.78 is 40.1. The molecule has 2 heterocycles. The maximum absolute atomic E-state index is 15.3. The monoisotopic (exact) mass is 629 g/mol. The van der Waals surface area contributed by atoms with Crippen LogP contribution in [0.5, 0.6) is 23.0 Å². The van der Waals surface area contributed by atoms with Gasteiger partial charge in [-0.1, -0.05) is 18.2 Å². The van der Waals surface area contributed by atoms with Gasteiger partial charge in [0, 0.05) is 29.4 Å². The van der Waals surface area contributed by atoms with E-state index in [4.69, 9.17) is 24.7 Å². The third-order valence-corrected chi connectivity index (χ3v) is 7.17. The molecule has 46 heavy (non-hydrogen) atoms. The van der Waals surface area contributed by atoms with E-state index in [2.05, 4.69) is 10.3 Å². The summed E-state index contributed by atoms with van der Waals surface area (Å²) >= 11 is 0. The lowest BCUT2D eigenvalue weighted by Gasteiger charge is -2.18. The van der Waals surface area contributed by atoms with Crippen molar-refractivity contribution in [2.24, 2.45) is 5.73 Å². The summed E-state index contributed by atoms with van der Waals surface area (Å²) in [5.74, 6) is -0.942. The number of para-hydroxylation sites is 1. The minimum atomic E-state index is -0.755. The molecule has 0 aliphatic rings. The quantitative estimate of drug-likeness (QED) is 0.200. The van der Waals surface area contributed by atoms with E-state index in [0.29, 0.717) is 39.5 Å². The number of ether oxygens (including phenoxy) is 4. The van der Waals surface area contributed by atoms with Gasteiger partial charge in [0.15, 0.2) is 23.1 Å². The van der Waals surface area contributed by atoms with Gasteiger partial charge in [0.1, 0.15) is 17.4 Å². The molecule has 238 valence electrons.